The highest BCUT2D eigenvalue weighted by Crippen LogP contribution is 2.18. The maximum atomic E-state index is 13.4. The van der Waals surface area contributed by atoms with E-state index in [1.165, 1.54) is 0 Å². The summed E-state index contributed by atoms with van der Waals surface area (Å²) in [6, 6.07) is 3.80. The van der Waals surface area contributed by atoms with Crippen molar-refractivity contribution in [2.75, 3.05) is 7.11 Å². The summed E-state index contributed by atoms with van der Waals surface area (Å²) in [6.07, 6.45) is 1.16. The average Bonchev–Trinajstić information content (AvgIpc) is 2.46. The number of rotatable bonds is 3. The Bertz CT molecular complexity index is 787. The third-order valence-corrected chi connectivity index (χ3v) is 2.53. The van der Waals surface area contributed by atoms with Gasteiger partial charge in [-0.25, -0.2) is 13.9 Å². The van der Waals surface area contributed by atoms with Gasteiger partial charge in [-0.3, -0.25) is 14.9 Å². The number of carbonyl (C=O) groups is 1. The van der Waals surface area contributed by atoms with E-state index < -0.39 is 33.5 Å². The maximum absolute atomic E-state index is 13.4. The second kappa shape index (κ2) is 5.49. The second-order valence-electron chi connectivity index (χ2n) is 3.89. The molecule has 0 saturated heterocycles. The van der Waals surface area contributed by atoms with Crippen molar-refractivity contribution >= 4 is 11.7 Å². The lowest BCUT2D eigenvalue weighted by molar-refractivity contribution is -0.385. The first-order chi connectivity index (χ1) is 9.92. The summed E-state index contributed by atoms with van der Waals surface area (Å²) in [6.45, 7) is 0. The number of esters is 1. The van der Waals surface area contributed by atoms with Gasteiger partial charge in [-0.1, -0.05) is 0 Å². The molecule has 0 fully saturated rings. The number of ether oxygens (including phenoxy) is 1. The fourth-order valence-electron chi connectivity index (χ4n) is 1.59. The predicted molar refractivity (Wildman–Crippen MR) is 67.8 cm³/mol. The summed E-state index contributed by atoms with van der Waals surface area (Å²) in [5, 5.41) is 14.4. The van der Waals surface area contributed by atoms with E-state index in [4.69, 9.17) is 0 Å². The van der Waals surface area contributed by atoms with E-state index in [9.17, 15) is 24.1 Å². The van der Waals surface area contributed by atoms with E-state index in [1.54, 1.807) is 0 Å². The zero-order chi connectivity index (χ0) is 15.6. The Kier molecular flexibility index (Phi) is 3.74. The molecular weight excluding hydrogens is 285 g/mol. The molecule has 0 aliphatic heterocycles. The largest absolute Gasteiger partial charge is 0.464 e. The van der Waals surface area contributed by atoms with Gasteiger partial charge >= 0.3 is 5.97 Å². The maximum Gasteiger partial charge on any atom is 0.362 e. The van der Waals surface area contributed by atoms with E-state index in [0.29, 0.717) is 0 Å². The van der Waals surface area contributed by atoms with Crippen molar-refractivity contribution < 1.29 is 18.8 Å². The lowest BCUT2D eigenvalue weighted by atomic mass is 10.2. The Balaban J connectivity index is 2.60. The highest BCUT2D eigenvalue weighted by Gasteiger charge is 2.15. The molecule has 0 atom stereocenters. The first kappa shape index (κ1) is 14.3. The van der Waals surface area contributed by atoms with Gasteiger partial charge in [0.25, 0.3) is 5.69 Å². The molecule has 1 aromatic heterocycles. The van der Waals surface area contributed by atoms with E-state index in [-0.39, 0.29) is 5.69 Å². The highest BCUT2D eigenvalue weighted by atomic mass is 19.1. The van der Waals surface area contributed by atoms with Crippen LogP contribution in [0.15, 0.2) is 35.3 Å². The number of carbonyl (C=O) groups excluding carboxylic acids is 1. The molecule has 0 saturated carbocycles. The molecule has 2 rings (SSSR count). The normalized spacial score (nSPS) is 10.2. The van der Waals surface area contributed by atoms with Crippen molar-refractivity contribution in [1.82, 2.24) is 9.78 Å². The third kappa shape index (κ3) is 2.91. The summed E-state index contributed by atoms with van der Waals surface area (Å²) in [7, 11) is 1.08. The predicted octanol–water partition coefficient (Wildman–Crippen LogP) is 1.07. The van der Waals surface area contributed by atoms with Gasteiger partial charge in [0.1, 0.15) is 5.82 Å². The van der Waals surface area contributed by atoms with Crippen LogP contribution in [0, 0.1) is 15.9 Å². The van der Waals surface area contributed by atoms with E-state index >= 15 is 0 Å². The molecule has 0 aliphatic rings. The quantitative estimate of drug-likeness (QED) is 0.476. The molecular formula is C12H8FN3O5. The minimum atomic E-state index is -0.958. The number of nitro benzene ring substituents is 1. The topological polar surface area (TPSA) is 104 Å². The lowest BCUT2D eigenvalue weighted by Crippen LogP contribution is -2.21. The van der Waals surface area contributed by atoms with E-state index in [0.717, 1.165) is 42.3 Å². The fourth-order valence-corrected chi connectivity index (χ4v) is 1.59. The van der Waals surface area contributed by atoms with Crippen LogP contribution in [0.25, 0.3) is 5.69 Å². The molecule has 0 N–H and O–H groups in total. The van der Waals surface area contributed by atoms with Crippen LogP contribution in [-0.4, -0.2) is 27.8 Å². The minimum Gasteiger partial charge on any atom is -0.464 e. The number of nitrogens with zero attached hydrogens (tertiary/aromatic N) is 3. The Morgan fingerprint density at radius 1 is 1.43 bits per heavy atom. The van der Waals surface area contributed by atoms with Crippen LogP contribution in [0.5, 0.6) is 0 Å². The zero-order valence-corrected chi connectivity index (χ0v) is 10.6. The molecule has 0 radical (unpaired) electrons. The average molecular weight is 293 g/mol. The van der Waals surface area contributed by atoms with Gasteiger partial charge in [0.15, 0.2) is 0 Å². The third-order valence-electron chi connectivity index (χ3n) is 2.53. The van der Waals surface area contributed by atoms with Crippen LogP contribution in [0.2, 0.25) is 0 Å². The van der Waals surface area contributed by atoms with Crippen LogP contribution < -0.4 is 5.43 Å². The molecule has 0 spiro atoms. The smallest absolute Gasteiger partial charge is 0.362 e. The fraction of sp³-hybridized carbons (Fsp3) is 0.0833. The summed E-state index contributed by atoms with van der Waals surface area (Å²) in [5.74, 6) is -1.81. The summed E-state index contributed by atoms with van der Waals surface area (Å²) in [4.78, 5) is 32.8. The number of benzene rings is 1. The first-order valence-corrected chi connectivity index (χ1v) is 5.56. The van der Waals surface area contributed by atoms with Gasteiger partial charge in [0.2, 0.25) is 11.1 Å². The number of non-ortho nitro benzene ring substituents is 1. The highest BCUT2D eigenvalue weighted by molar-refractivity contribution is 5.86. The van der Waals surface area contributed by atoms with Crippen LogP contribution in [0.3, 0.4) is 0 Å². The van der Waals surface area contributed by atoms with Gasteiger partial charge in [0, 0.05) is 24.4 Å². The van der Waals surface area contributed by atoms with Gasteiger partial charge in [-0.15, -0.1) is 0 Å². The molecule has 2 aromatic rings. The van der Waals surface area contributed by atoms with Crippen molar-refractivity contribution in [1.29, 1.82) is 0 Å². The Morgan fingerprint density at radius 2 is 2.14 bits per heavy atom. The molecule has 21 heavy (non-hydrogen) atoms. The van der Waals surface area contributed by atoms with E-state index in [1.807, 2.05) is 0 Å². The SMILES string of the molecule is COC(=O)c1nn(-c2cc(F)cc([N+](=O)[O-])c2)ccc1=O. The number of hydrogen-bond donors (Lipinski definition) is 0. The summed E-state index contributed by atoms with van der Waals surface area (Å²) in [5.41, 5.74) is -1.67. The lowest BCUT2D eigenvalue weighted by Gasteiger charge is -2.06. The zero-order valence-electron chi connectivity index (χ0n) is 10.6. The van der Waals surface area contributed by atoms with Gasteiger partial charge in [-0.2, -0.15) is 5.10 Å². The van der Waals surface area contributed by atoms with Crippen molar-refractivity contribution in [3.05, 3.63) is 62.3 Å². The Morgan fingerprint density at radius 3 is 2.76 bits per heavy atom. The van der Waals surface area contributed by atoms with Crippen LogP contribution in [0.4, 0.5) is 10.1 Å². The molecule has 1 heterocycles. The molecule has 0 unspecified atom stereocenters. The molecule has 0 bridgehead atoms. The standard InChI is InChI=1S/C12H8FN3O5/c1-21-12(18)11-10(17)2-3-15(14-11)8-4-7(13)5-9(6-8)16(19)20/h2-6H,1H3. The van der Waals surface area contributed by atoms with Crippen LogP contribution in [0.1, 0.15) is 10.5 Å². The number of methoxy groups -OCH3 is 1. The summed E-state index contributed by atoms with van der Waals surface area (Å²) >= 11 is 0. The van der Waals surface area contributed by atoms with Gasteiger partial charge in [0.05, 0.1) is 23.8 Å². The monoisotopic (exact) mass is 293 g/mol. The number of nitro groups is 1. The number of hydrogen-bond acceptors (Lipinski definition) is 6. The van der Waals surface area contributed by atoms with Gasteiger partial charge in [-0.05, 0) is 0 Å². The van der Waals surface area contributed by atoms with Crippen molar-refractivity contribution in [2.45, 2.75) is 0 Å². The van der Waals surface area contributed by atoms with Crippen LogP contribution in [-0.2, 0) is 4.74 Å². The minimum absolute atomic E-state index is 0.00754. The van der Waals surface area contributed by atoms with Crippen LogP contribution >= 0.6 is 0 Å². The second-order valence-corrected chi connectivity index (χ2v) is 3.89. The first-order valence-electron chi connectivity index (χ1n) is 5.56. The molecule has 1 aromatic carbocycles. The molecule has 8 nitrogen and oxygen atoms in total. The molecule has 0 amide bonds. The number of aromatic nitrogens is 2. The van der Waals surface area contributed by atoms with E-state index in [2.05, 4.69) is 9.84 Å². The number of halogens is 1. The Labute approximate surface area is 116 Å². The molecule has 9 heteroatoms. The van der Waals surface area contributed by atoms with Crippen molar-refractivity contribution in [3.63, 3.8) is 0 Å². The van der Waals surface area contributed by atoms with Crippen molar-refractivity contribution in [2.24, 2.45) is 0 Å². The van der Waals surface area contributed by atoms with Gasteiger partial charge < -0.3 is 4.74 Å². The Hall–Kier alpha value is -3.10. The van der Waals surface area contributed by atoms with Crippen molar-refractivity contribution in [3.8, 4) is 5.69 Å². The summed E-state index contributed by atoms with van der Waals surface area (Å²) < 4.78 is 18.8. The molecule has 108 valence electrons. The molecule has 0 aliphatic carbocycles.